The highest BCUT2D eigenvalue weighted by Gasteiger charge is 2.29. The molecule has 0 fully saturated rings. The number of hydrogen-bond donors (Lipinski definition) is 1. The summed E-state index contributed by atoms with van der Waals surface area (Å²) in [6.45, 7) is 6.37. The van der Waals surface area contributed by atoms with Crippen molar-refractivity contribution in [2.24, 2.45) is 0 Å². The number of benzene rings is 1. The van der Waals surface area contributed by atoms with Crippen molar-refractivity contribution < 1.29 is 9.59 Å². The fraction of sp³-hybridized carbons (Fsp3) is 0.316. The lowest BCUT2D eigenvalue weighted by atomic mass is 10.1. The van der Waals surface area contributed by atoms with Crippen LogP contribution in [0.4, 0.5) is 5.69 Å². The average Bonchev–Trinajstić information content (AvgIpc) is 2.56. The molecule has 0 aliphatic carbocycles. The molecule has 6 heteroatoms. The molecular formula is C19H21N3O2S. The van der Waals surface area contributed by atoms with Gasteiger partial charge in [-0.1, -0.05) is 36.0 Å². The van der Waals surface area contributed by atoms with E-state index in [2.05, 4.69) is 10.3 Å². The first-order valence-electron chi connectivity index (χ1n) is 8.18. The molecular weight excluding hydrogens is 334 g/mol. The number of carbonyl (C=O) groups is 2. The van der Waals surface area contributed by atoms with Crippen LogP contribution in [-0.4, -0.2) is 29.1 Å². The Morgan fingerprint density at radius 3 is 2.76 bits per heavy atom. The third-order valence-corrected chi connectivity index (χ3v) is 5.17. The number of thioether (sulfide) groups is 1. The van der Waals surface area contributed by atoms with Gasteiger partial charge in [0.1, 0.15) is 11.6 Å². The Bertz CT molecular complexity index is 835. The minimum absolute atomic E-state index is 0.0177. The van der Waals surface area contributed by atoms with Crippen molar-refractivity contribution in [2.45, 2.75) is 32.3 Å². The summed E-state index contributed by atoms with van der Waals surface area (Å²) in [5.41, 5.74) is 4.86. The van der Waals surface area contributed by atoms with Crippen molar-refractivity contribution in [3.05, 3.63) is 52.7 Å². The maximum atomic E-state index is 12.4. The molecule has 2 aromatic rings. The normalized spacial score (nSPS) is 13.6. The summed E-state index contributed by atoms with van der Waals surface area (Å²) in [5, 5.41) is 3.73. The number of amides is 2. The van der Waals surface area contributed by atoms with E-state index in [1.807, 2.05) is 51.1 Å². The van der Waals surface area contributed by atoms with E-state index < -0.39 is 0 Å². The summed E-state index contributed by atoms with van der Waals surface area (Å²) >= 11 is 1.43. The molecule has 5 nitrogen and oxygen atoms in total. The Labute approximate surface area is 151 Å². The van der Waals surface area contributed by atoms with Crippen molar-refractivity contribution in [3.63, 3.8) is 0 Å². The van der Waals surface area contributed by atoms with E-state index in [9.17, 15) is 9.59 Å². The Kier molecular flexibility index (Phi) is 5.08. The van der Waals surface area contributed by atoms with Gasteiger partial charge in [-0.2, -0.15) is 0 Å². The van der Waals surface area contributed by atoms with Gasteiger partial charge >= 0.3 is 0 Å². The predicted molar refractivity (Wildman–Crippen MR) is 99.8 cm³/mol. The van der Waals surface area contributed by atoms with Crippen LogP contribution < -0.4 is 10.2 Å². The van der Waals surface area contributed by atoms with Crippen molar-refractivity contribution in [2.75, 3.05) is 17.2 Å². The number of anilines is 1. The smallest absolute Gasteiger partial charge is 0.240 e. The second kappa shape index (κ2) is 7.27. The lowest BCUT2D eigenvalue weighted by Gasteiger charge is -2.29. The molecule has 0 bridgehead atoms. The van der Waals surface area contributed by atoms with Gasteiger partial charge in [-0.05, 0) is 43.5 Å². The van der Waals surface area contributed by atoms with Gasteiger partial charge in [0.05, 0.1) is 11.4 Å². The SMILES string of the molecule is Cc1cc(C)c2c(n1)SCC(=O)N2CC(=O)NCc1ccccc1C. The molecule has 1 aromatic carbocycles. The molecule has 0 spiro atoms. The van der Waals surface area contributed by atoms with Crippen LogP contribution in [0.15, 0.2) is 35.4 Å². The molecule has 3 rings (SSSR count). The van der Waals surface area contributed by atoms with Gasteiger partial charge in [0.15, 0.2) is 0 Å². The second-order valence-corrected chi connectivity index (χ2v) is 7.17. The zero-order chi connectivity index (χ0) is 18.0. The molecule has 1 aromatic heterocycles. The number of rotatable bonds is 4. The van der Waals surface area contributed by atoms with Gasteiger partial charge in [0.2, 0.25) is 11.8 Å². The largest absolute Gasteiger partial charge is 0.350 e. The van der Waals surface area contributed by atoms with Crippen LogP contribution in [-0.2, 0) is 16.1 Å². The number of aromatic nitrogens is 1. The Hall–Kier alpha value is -2.34. The predicted octanol–water partition coefficient (Wildman–Crippen LogP) is 2.76. The number of hydrogen-bond acceptors (Lipinski definition) is 4. The highest BCUT2D eigenvalue weighted by atomic mass is 32.2. The third-order valence-electron chi connectivity index (χ3n) is 4.22. The van der Waals surface area contributed by atoms with Gasteiger partial charge < -0.3 is 5.32 Å². The molecule has 1 aliphatic heterocycles. The molecule has 0 unspecified atom stereocenters. The maximum absolute atomic E-state index is 12.4. The highest BCUT2D eigenvalue weighted by molar-refractivity contribution is 8.00. The van der Waals surface area contributed by atoms with Gasteiger partial charge in [-0.3, -0.25) is 14.5 Å². The molecule has 1 aliphatic rings. The van der Waals surface area contributed by atoms with Crippen molar-refractivity contribution >= 4 is 29.3 Å². The molecule has 0 saturated carbocycles. The summed E-state index contributed by atoms with van der Waals surface area (Å²) in [4.78, 5) is 30.8. The fourth-order valence-electron chi connectivity index (χ4n) is 2.93. The molecule has 130 valence electrons. The molecule has 0 radical (unpaired) electrons. The number of aryl methyl sites for hydroxylation is 3. The first kappa shape index (κ1) is 17.5. The molecule has 0 atom stereocenters. The summed E-state index contributed by atoms with van der Waals surface area (Å²) in [6.07, 6.45) is 0. The quantitative estimate of drug-likeness (QED) is 0.916. The lowest BCUT2D eigenvalue weighted by Crippen LogP contribution is -2.43. The second-order valence-electron chi connectivity index (χ2n) is 6.21. The van der Waals surface area contributed by atoms with Crippen molar-refractivity contribution in [3.8, 4) is 0 Å². The van der Waals surface area contributed by atoms with Crippen LogP contribution in [0.3, 0.4) is 0 Å². The van der Waals surface area contributed by atoms with Crippen LogP contribution in [0.1, 0.15) is 22.4 Å². The summed E-state index contributed by atoms with van der Waals surface area (Å²) < 4.78 is 0. The summed E-state index contributed by atoms with van der Waals surface area (Å²) in [5.74, 6) is 0.0836. The zero-order valence-electron chi connectivity index (χ0n) is 14.6. The molecule has 0 saturated heterocycles. The van der Waals surface area contributed by atoms with Crippen LogP contribution in [0, 0.1) is 20.8 Å². The van der Waals surface area contributed by atoms with Crippen LogP contribution in [0.5, 0.6) is 0 Å². The number of nitrogens with one attached hydrogen (secondary N) is 1. The molecule has 2 heterocycles. The number of pyridine rings is 1. The van der Waals surface area contributed by atoms with Gasteiger partial charge in [-0.25, -0.2) is 4.98 Å². The van der Waals surface area contributed by atoms with E-state index in [-0.39, 0.29) is 18.4 Å². The summed E-state index contributed by atoms with van der Waals surface area (Å²) in [6, 6.07) is 9.87. The van der Waals surface area contributed by atoms with E-state index in [0.717, 1.165) is 33.1 Å². The van der Waals surface area contributed by atoms with Crippen LogP contribution >= 0.6 is 11.8 Å². The van der Waals surface area contributed by atoms with Gasteiger partial charge in [0.25, 0.3) is 0 Å². The lowest BCUT2D eigenvalue weighted by molar-refractivity contribution is -0.123. The number of fused-ring (bicyclic) bond motifs is 1. The third kappa shape index (κ3) is 3.85. The van der Waals surface area contributed by atoms with Gasteiger partial charge in [0, 0.05) is 12.2 Å². The minimum atomic E-state index is -0.172. The van der Waals surface area contributed by atoms with Crippen LogP contribution in [0.25, 0.3) is 0 Å². The average molecular weight is 355 g/mol. The van der Waals surface area contributed by atoms with E-state index in [1.54, 1.807) is 4.90 Å². The topological polar surface area (TPSA) is 62.3 Å². The monoisotopic (exact) mass is 355 g/mol. The Morgan fingerprint density at radius 1 is 1.24 bits per heavy atom. The van der Waals surface area contributed by atoms with Gasteiger partial charge in [-0.15, -0.1) is 0 Å². The highest BCUT2D eigenvalue weighted by Crippen LogP contribution is 2.36. The van der Waals surface area contributed by atoms with Crippen LogP contribution in [0.2, 0.25) is 0 Å². The minimum Gasteiger partial charge on any atom is -0.350 e. The molecule has 25 heavy (non-hydrogen) atoms. The standard InChI is InChI=1S/C19H21N3O2S/c1-12-6-4-5-7-15(12)9-20-16(23)10-22-17(24)11-25-19-18(22)13(2)8-14(3)21-19/h4-8H,9-11H2,1-3H3,(H,20,23). The Balaban J connectivity index is 1.73. The first-order valence-corrected chi connectivity index (χ1v) is 9.17. The molecule has 2 amide bonds. The van der Waals surface area contributed by atoms with Crippen molar-refractivity contribution in [1.82, 2.24) is 10.3 Å². The Morgan fingerprint density at radius 2 is 2.00 bits per heavy atom. The summed E-state index contributed by atoms with van der Waals surface area (Å²) in [7, 11) is 0. The van der Waals surface area contributed by atoms with E-state index >= 15 is 0 Å². The van der Waals surface area contributed by atoms with E-state index in [0.29, 0.717) is 12.3 Å². The zero-order valence-corrected chi connectivity index (χ0v) is 15.4. The first-order chi connectivity index (χ1) is 12.0. The fourth-order valence-corrected chi connectivity index (χ4v) is 3.96. The van der Waals surface area contributed by atoms with E-state index in [4.69, 9.17) is 0 Å². The van der Waals surface area contributed by atoms with Crippen molar-refractivity contribution in [1.29, 1.82) is 0 Å². The maximum Gasteiger partial charge on any atom is 0.240 e. The number of carbonyl (C=O) groups excluding carboxylic acids is 2. The van der Waals surface area contributed by atoms with E-state index in [1.165, 1.54) is 11.8 Å². The number of nitrogens with zero attached hydrogens (tertiary/aromatic N) is 2. The molecule has 1 N–H and O–H groups in total.